The van der Waals surface area contributed by atoms with E-state index in [1.54, 1.807) is 30.3 Å². The van der Waals surface area contributed by atoms with Crippen molar-refractivity contribution >= 4 is 35.6 Å². The van der Waals surface area contributed by atoms with Crippen LogP contribution in [0.15, 0.2) is 61.2 Å². The third-order valence-corrected chi connectivity index (χ3v) is 7.36. The molecule has 2 heterocycles. The van der Waals surface area contributed by atoms with E-state index in [2.05, 4.69) is 11.9 Å². The largest absolute Gasteiger partial charge is 0.458 e. The normalized spacial score (nSPS) is 23.5. The molecule has 2 saturated heterocycles. The molecule has 2 atom stereocenters. The van der Waals surface area contributed by atoms with E-state index in [-0.39, 0.29) is 17.9 Å². The molecular weight excluding hydrogens is 412 g/mol. The summed E-state index contributed by atoms with van der Waals surface area (Å²) in [6, 6.07) is 16.1. The molecule has 2 aliphatic rings. The number of nitrogens with zero attached hydrogens (tertiary/aromatic N) is 1. The van der Waals surface area contributed by atoms with Gasteiger partial charge in [0.2, 0.25) is 11.6 Å². The zero-order valence-corrected chi connectivity index (χ0v) is 18.3. The summed E-state index contributed by atoms with van der Waals surface area (Å²) in [6.45, 7) is 7.51. The number of carbonyl (C=O) groups is 3. The summed E-state index contributed by atoms with van der Waals surface area (Å²) < 4.78 is 4.93. The molecule has 1 N–H and O–H groups in total. The summed E-state index contributed by atoms with van der Waals surface area (Å²) in [5.74, 6) is -1.26. The van der Waals surface area contributed by atoms with Crippen LogP contribution < -0.4 is 5.32 Å². The van der Waals surface area contributed by atoms with E-state index in [0.717, 1.165) is 11.1 Å². The average Bonchev–Trinajstić information content (AvgIpc) is 2.94. The molecule has 2 fully saturated rings. The van der Waals surface area contributed by atoms with Crippen molar-refractivity contribution in [3.8, 4) is 0 Å². The molecule has 0 unspecified atom stereocenters. The van der Waals surface area contributed by atoms with Gasteiger partial charge in [-0.3, -0.25) is 14.5 Å². The first kappa shape index (κ1) is 21.2. The molecule has 160 valence electrons. The lowest BCUT2D eigenvalue weighted by Gasteiger charge is -2.47. The van der Waals surface area contributed by atoms with Crippen molar-refractivity contribution in [3.63, 3.8) is 0 Å². The summed E-state index contributed by atoms with van der Waals surface area (Å²) in [5, 5.41) is 2.70. The lowest BCUT2D eigenvalue weighted by atomic mass is 9.89. The van der Waals surface area contributed by atoms with Crippen LogP contribution in [0.3, 0.4) is 0 Å². The van der Waals surface area contributed by atoms with Gasteiger partial charge in [-0.2, -0.15) is 0 Å². The van der Waals surface area contributed by atoms with Crippen LogP contribution >= 0.6 is 11.8 Å². The molecule has 2 aromatic rings. The Bertz CT molecular complexity index is 1050. The van der Waals surface area contributed by atoms with Crippen LogP contribution in [0.1, 0.15) is 41.8 Å². The van der Waals surface area contributed by atoms with Crippen molar-refractivity contribution < 1.29 is 19.1 Å². The van der Waals surface area contributed by atoms with Gasteiger partial charge in [-0.05, 0) is 37.1 Å². The number of rotatable bonds is 6. The number of amides is 2. The molecule has 2 amide bonds. The van der Waals surface area contributed by atoms with Crippen LogP contribution in [0.4, 0.5) is 0 Å². The number of esters is 1. The van der Waals surface area contributed by atoms with Gasteiger partial charge in [0.15, 0.2) is 0 Å². The lowest BCUT2D eigenvalue weighted by Crippen LogP contribution is -2.75. The summed E-state index contributed by atoms with van der Waals surface area (Å²) in [4.78, 5) is 40.7. The SMILES string of the molecule is C=Cc1ccccc1COC(=O)[C@]1(NC(=O)c2ccccc2)N2C(=O)C[C@H]2SC1(C)C. The van der Waals surface area contributed by atoms with Crippen LogP contribution in [0, 0.1) is 0 Å². The van der Waals surface area contributed by atoms with Crippen molar-refractivity contribution in [2.75, 3.05) is 0 Å². The fourth-order valence-electron chi connectivity index (χ4n) is 4.14. The highest BCUT2D eigenvalue weighted by atomic mass is 32.2. The van der Waals surface area contributed by atoms with E-state index in [4.69, 9.17) is 4.74 Å². The number of thioether (sulfide) groups is 1. The van der Waals surface area contributed by atoms with Gasteiger partial charge in [0, 0.05) is 5.56 Å². The minimum Gasteiger partial charge on any atom is -0.458 e. The number of nitrogens with one attached hydrogen (secondary N) is 1. The topological polar surface area (TPSA) is 75.7 Å². The second kappa shape index (κ2) is 7.89. The van der Waals surface area contributed by atoms with E-state index < -0.39 is 22.3 Å². The Morgan fingerprint density at radius 1 is 1.19 bits per heavy atom. The molecule has 0 radical (unpaired) electrons. The maximum absolute atomic E-state index is 13.6. The van der Waals surface area contributed by atoms with Gasteiger partial charge in [0.25, 0.3) is 5.91 Å². The van der Waals surface area contributed by atoms with Crippen molar-refractivity contribution in [1.29, 1.82) is 0 Å². The standard InChI is InChI=1S/C24H24N2O4S/c1-4-16-10-8-9-13-18(16)15-30-22(29)24(25-21(28)17-11-6-5-7-12-17)23(2,3)31-20-14-19(27)26(20)24/h4-13,20H,1,14-15H2,2-3H3,(H,25,28)/t20-,24+/m1/s1. The van der Waals surface area contributed by atoms with E-state index in [1.807, 2.05) is 44.2 Å². The molecular formula is C24H24N2O4S. The predicted molar refractivity (Wildman–Crippen MR) is 120 cm³/mol. The van der Waals surface area contributed by atoms with Gasteiger partial charge < -0.3 is 10.1 Å². The van der Waals surface area contributed by atoms with Crippen molar-refractivity contribution in [1.82, 2.24) is 10.2 Å². The fourth-order valence-corrected chi connectivity index (χ4v) is 5.83. The highest BCUT2D eigenvalue weighted by Gasteiger charge is 2.70. The number of carbonyl (C=O) groups excluding carboxylic acids is 3. The number of fused-ring (bicyclic) bond motifs is 1. The van der Waals surface area contributed by atoms with Crippen LogP contribution in [-0.4, -0.2) is 38.5 Å². The summed E-state index contributed by atoms with van der Waals surface area (Å²) in [7, 11) is 0. The molecule has 2 aliphatic heterocycles. The van der Waals surface area contributed by atoms with Crippen LogP contribution in [-0.2, 0) is 20.9 Å². The zero-order valence-electron chi connectivity index (χ0n) is 17.5. The summed E-state index contributed by atoms with van der Waals surface area (Å²) >= 11 is 1.50. The first-order valence-electron chi connectivity index (χ1n) is 10.1. The predicted octanol–water partition coefficient (Wildman–Crippen LogP) is 3.58. The quantitative estimate of drug-likeness (QED) is 0.553. The Labute approximate surface area is 185 Å². The molecule has 31 heavy (non-hydrogen) atoms. The van der Waals surface area contributed by atoms with Gasteiger partial charge in [-0.1, -0.05) is 55.1 Å². The summed E-state index contributed by atoms with van der Waals surface area (Å²) in [6.07, 6.45) is 2.03. The lowest BCUT2D eigenvalue weighted by molar-refractivity contribution is -0.175. The summed E-state index contributed by atoms with van der Waals surface area (Å²) in [5.41, 5.74) is 0.457. The highest BCUT2D eigenvalue weighted by Crippen LogP contribution is 2.56. The van der Waals surface area contributed by atoms with Crippen molar-refractivity contribution in [3.05, 3.63) is 77.9 Å². The van der Waals surface area contributed by atoms with E-state index in [0.29, 0.717) is 12.0 Å². The van der Waals surface area contributed by atoms with Gasteiger partial charge in [0.1, 0.15) is 6.61 Å². The molecule has 0 aliphatic carbocycles. The average molecular weight is 437 g/mol. The Hall–Kier alpha value is -3.06. The Morgan fingerprint density at radius 2 is 1.87 bits per heavy atom. The van der Waals surface area contributed by atoms with Crippen LogP contribution in [0.2, 0.25) is 0 Å². The first-order valence-corrected chi connectivity index (χ1v) is 10.9. The molecule has 0 spiro atoms. The van der Waals surface area contributed by atoms with Gasteiger partial charge in [-0.25, -0.2) is 4.79 Å². The second-order valence-electron chi connectivity index (χ2n) is 8.06. The minimum absolute atomic E-state index is 0.0113. The van der Waals surface area contributed by atoms with Gasteiger partial charge in [0.05, 0.1) is 16.5 Å². The third-order valence-electron chi connectivity index (χ3n) is 5.83. The maximum atomic E-state index is 13.6. The number of hydrogen-bond donors (Lipinski definition) is 1. The van der Waals surface area contributed by atoms with Gasteiger partial charge in [-0.15, -0.1) is 11.8 Å². The number of β-lactam (4-membered cyclic amide) rings is 1. The van der Waals surface area contributed by atoms with Crippen molar-refractivity contribution in [2.45, 2.75) is 42.7 Å². The molecule has 7 heteroatoms. The first-order chi connectivity index (χ1) is 14.8. The molecule has 4 rings (SSSR count). The fraction of sp³-hybridized carbons (Fsp3) is 0.292. The third kappa shape index (κ3) is 3.43. The zero-order chi connectivity index (χ0) is 22.2. The van der Waals surface area contributed by atoms with E-state index in [1.165, 1.54) is 16.7 Å². The number of benzene rings is 2. The second-order valence-corrected chi connectivity index (χ2v) is 9.86. The highest BCUT2D eigenvalue weighted by molar-refractivity contribution is 8.01. The molecule has 0 bridgehead atoms. The van der Waals surface area contributed by atoms with Crippen molar-refractivity contribution in [2.24, 2.45) is 0 Å². The Kier molecular flexibility index (Phi) is 5.39. The number of ether oxygens (including phenoxy) is 1. The molecule has 0 saturated carbocycles. The number of hydrogen-bond acceptors (Lipinski definition) is 5. The Morgan fingerprint density at radius 3 is 2.55 bits per heavy atom. The Balaban J connectivity index is 1.67. The maximum Gasteiger partial charge on any atom is 0.355 e. The monoisotopic (exact) mass is 436 g/mol. The van der Waals surface area contributed by atoms with E-state index >= 15 is 0 Å². The van der Waals surface area contributed by atoms with E-state index in [9.17, 15) is 14.4 Å². The van der Waals surface area contributed by atoms with Crippen LogP contribution in [0.25, 0.3) is 6.08 Å². The molecule has 0 aromatic heterocycles. The van der Waals surface area contributed by atoms with Gasteiger partial charge >= 0.3 is 5.97 Å². The molecule has 6 nitrogen and oxygen atoms in total. The van der Waals surface area contributed by atoms with Crippen LogP contribution in [0.5, 0.6) is 0 Å². The minimum atomic E-state index is -1.60. The smallest absolute Gasteiger partial charge is 0.355 e. The molecule has 2 aromatic carbocycles.